The lowest BCUT2D eigenvalue weighted by molar-refractivity contribution is -0.122. The van der Waals surface area contributed by atoms with Gasteiger partial charge in [-0.3, -0.25) is 4.79 Å². The largest absolute Gasteiger partial charge is 0.385 e. The fourth-order valence-corrected chi connectivity index (χ4v) is 2.02. The first-order valence-electron chi connectivity index (χ1n) is 5.45. The third-order valence-electron chi connectivity index (χ3n) is 2.90. The summed E-state index contributed by atoms with van der Waals surface area (Å²) in [7, 11) is 1.73. The molecule has 0 spiro atoms. The van der Waals surface area contributed by atoms with Crippen molar-refractivity contribution < 1.29 is 9.53 Å². The van der Waals surface area contributed by atoms with Crippen molar-refractivity contribution in [3.8, 4) is 0 Å². The van der Waals surface area contributed by atoms with Crippen LogP contribution in [0.5, 0.6) is 0 Å². The minimum absolute atomic E-state index is 0.284. The smallest absolute Gasteiger partial charge is 0.134 e. The van der Waals surface area contributed by atoms with Gasteiger partial charge in [-0.1, -0.05) is 0 Å². The zero-order chi connectivity index (χ0) is 10.4. The Morgan fingerprint density at radius 2 is 2.36 bits per heavy atom. The predicted molar refractivity (Wildman–Crippen MR) is 56.3 cm³/mol. The number of methoxy groups -OCH3 is 1. The van der Waals surface area contributed by atoms with Crippen LogP contribution in [0.3, 0.4) is 0 Å². The molecule has 1 fully saturated rings. The van der Waals surface area contributed by atoms with Gasteiger partial charge < -0.3 is 9.64 Å². The van der Waals surface area contributed by atoms with Gasteiger partial charge in [-0.2, -0.15) is 0 Å². The molecule has 0 aromatic heterocycles. The zero-order valence-electron chi connectivity index (χ0n) is 9.29. The number of Topliss-reactive ketones (excluding diaryl/α,β-unsaturated/α-hetero) is 1. The average Bonchev–Trinajstić information content (AvgIpc) is 2.19. The van der Waals surface area contributed by atoms with Gasteiger partial charge in [0.25, 0.3) is 0 Å². The molecule has 3 nitrogen and oxygen atoms in total. The molecule has 82 valence electrons. The molecule has 0 aromatic carbocycles. The van der Waals surface area contributed by atoms with Gasteiger partial charge >= 0.3 is 0 Å². The Morgan fingerprint density at radius 1 is 1.57 bits per heavy atom. The molecule has 1 rings (SSSR count). The van der Waals surface area contributed by atoms with E-state index < -0.39 is 0 Å². The van der Waals surface area contributed by atoms with Crippen molar-refractivity contribution in [3.63, 3.8) is 0 Å². The van der Waals surface area contributed by atoms with Gasteiger partial charge in [-0.15, -0.1) is 0 Å². The van der Waals surface area contributed by atoms with E-state index in [-0.39, 0.29) is 5.92 Å². The molecule has 0 N–H and O–H groups in total. The van der Waals surface area contributed by atoms with Gasteiger partial charge in [0.15, 0.2) is 0 Å². The van der Waals surface area contributed by atoms with E-state index >= 15 is 0 Å². The minimum atomic E-state index is 0.284. The Bertz CT molecular complexity index is 182. The first kappa shape index (κ1) is 11.7. The highest BCUT2D eigenvalue weighted by Gasteiger charge is 2.22. The van der Waals surface area contributed by atoms with Gasteiger partial charge in [0, 0.05) is 32.7 Å². The molecule has 0 bridgehead atoms. The molecule has 14 heavy (non-hydrogen) atoms. The number of piperidine rings is 1. The maximum atomic E-state index is 11.2. The maximum Gasteiger partial charge on any atom is 0.134 e. The van der Waals surface area contributed by atoms with E-state index in [0.717, 1.165) is 45.5 Å². The molecule has 3 heteroatoms. The number of hydrogen-bond acceptors (Lipinski definition) is 3. The van der Waals surface area contributed by atoms with E-state index in [4.69, 9.17) is 4.74 Å². The summed E-state index contributed by atoms with van der Waals surface area (Å²) in [5, 5.41) is 0. The molecule has 1 aliphatic rings. The number of carbonyl (C=O) groups excluding carboxylic acids is 1. The summed E-state index contributed by atoms with van der Waals surface area (Å²) in [5.41, 5.74) is 0. The quantitative estimate of drug-likeness (QED) is 0.625. The van der Waals surface area contributed by atoms with Crippen molar-refractivity contribution in [2.75, 3.05) is 33.4 Å². The summed E-state index contributed by atoms with van der Waals surface area (Å²) >= 11 is 0. The van der Waals surface area contributed by atoms with Crippen LogP contribution in [0.2, 0.25) is 0 Å². The molecule has 0 amide bonds. The Labute approximate surface area is 86.4 Å². The fourth-order valence-electron chi connectivity index (χ4n) is 2.02. The van der Waals surface area contributed by atoms with Gasteiger partial charge in [0.1, 0.15) is 5.78 Å². The average molecular weight is 199 g/mol. The van der Waals surface area contributed by atoms with Gasteiger partial charge in [-0.25, -0.2) is 0 Å². The SMILES string of the molecule is COCCCN1CCCC(C(C)=O)C1. The molecule has 1 aliphatic heterocycles. The third-order valence-corrected chi connectivity index (χ3v) is 2.90. The summed E-state index contributed by atoms with van der Waals surface area (Å²) in [6.45, 7) is 5.70. The van der Waals surface area contributed by atoms with Gasteiger partial charge in [-0.05, 0) is 32.7 Å². The third kappa shape index (κ3) is 3.76. The first-order valence-corrected chi connectivity index (χ1v) is 5.45. The highest BCUT2D eigenvalue weighted by Crippen LogP contribution is 2.17. The van der Waals surface area contributed by atoms with Crippen molar-refractivity contribution in [3.05, 3.63) is 0 Å². The second-order valence-electron chi connectivity index (χ2n) is 4.10. The first-order chi connectivity index (χ1) is 6.74. The summed E-state index contributed by atoms with van der Waals surface area (Å²) < 4.78 is 5.01. The van der Waals surface area contributed by atoms with Crippen molar-refractivity contribution in [1.29, 1.82) is 0 Å². The minimum Gasteiger partial charge on any atom is -0.385 e. The molecular formula is C11H21NO2. The lowest BCUT2D eigenvalue weighted by Gasteiger charge is -2.31. The lowest BCUT2D eigenvalue weighted by atomic mass is 9.94. The molecule has 1 heterocycles. The maximum absolute atomic E-state index is 11.2. The van der Waals surface area contributed by atoms with Gasteiger partial charge in [0.2, 0.25) is 0 Å². The predicted octanol–water partition coefficient (Wildman–Crippen LogP) is 1.32. The summed E-state index contributed by atoms with van der Waals surface area (Å²) in [6, 6.07) is 0. The molecule has 1 unspecified atom stereocenters. The van der Waals surface area contributed by atoms with Crippen molar-refractivity contribution >= 4 is 5.78 Å². The van der Waals surface area contributed by atoms with Crippen LogP contribution in [0.4, 0.5) is 0 Å². The van der Waals surface area contributed by atoms with Crippen LogP contribution < -0.4 is 0 Å². The molecule has 1 atom stereocenters. The highest BCUT2D eigenvalue weighted by molar-refractivity contribution is 5.78. The van der Waals surface area contributed by atoms with Gasteiger partial charge in [0.05, 0.1) is 0 Å². The second-order valence-corrected chi connectivity index (χ2v) is 4.10. The highest BCUT2D eigenvalue weighted by atomic mass is 16.5. The summed E-state index contributed by atoms with van der Waals surface area (Å²) in [5.74, 6) is 0.632. The zero-order valence-corrected chi connectivity index (χ0v) is 9.29. The molecule has 0 aliphatic carbocycles. The number of nitrogens with zero attached hydrogens (tertiary/aromatic N) is 1. The van der Waals surface area contributed by atoms with Crippen LogP contribution in [-0.2, 0) is 9.53 Å². The number of hydrogen-bond donors (Lipinski definition) is 0. The Morgan fingerprint density at radius 3 is 3.00 bits per heavy atom. The van der Waals surface area contributed by atoms with Crippen LogP contribution in [0.15, 0.2) is 0 Å². The lowest BCUT2D eigenvalue weighted by Crippen LogP contribution is -2.38. The summed E-state index contributed by atoms with van der Waals surface area (Å²) in [4.78, 5) is 13.6. The number of rotatable bonds is 5. The molecule has 0 saturated carbocycles. The fraction of sp³-hybridized carbons (Fsp3) is 0.909. The van der Waals surface area contributed by atoms with Crippen LogP contribution >= 0.6 is 0 Å². The van der Waals surface area contributed by atoms with E-state index in [9.17, 15) is 4.79 Å². The Balaban J connectivity index is 2.22. The van der Waals surface area contributed by atoms with E-state index in [1.807, 2.05) is 0 Å². The van der Waals surface area contributed by atoms with Crippen LogP contribution in [0.25, 0.3) is 0 Å². The number of likely N-dealkylation sites (tertiary alicyclic amines) is 1. The normalized spacial score (nSPS) is 23.7. The van der Waals surface area contributed by atoms with Crippen LogP contribution in [0.1, 0.15) is 26.2 Å². The second kappa shape index (κ2) is 6.14. The number of carbonyl (C=O) groups is 1. The number of ketones is 1. The van der Waals surface area contributed by atoms with Crippen molar-refractivity contribution in [2.24, 2.45) is 5.92 Å². The molecule has 0 aromatic rings. The number of ether oxygens (including phenoxy) is 1. The molecule has 0 radical (unpaired) electrons. The Kier molecular flexibility index (Phi) is 5.12. The van der Waals surface area contributed by atoms with Crippen LogP contribution in [-0.4, -0.2) is 44.0 Å². The van der Waals surface area contributed by atoms with Crippen molar-refractivity contribution in [2.45, 2.75) is 26.2 Å². The van der Waals surface area contributed by atoms with E-state index in [0.29, 0.717) is 5.78 Å². The Hall–Kier alpha value is -0.410. The molecule has 1 saturated heterocycles. The van der Waals surface area contributed by atoms with E-state index in [1.165, 1.54) is 0 Å². The van der Waals surface area contributed by atoms with E-state index in [1.54, 1.807) is 14.0 Å². The summed E-state index contributed by atoms with van der Waals surface area (Å²) in [6.07, 6.45) is 3.31. The monoisotopic (exact) mass is 199 g/mol. The molecular weight excluding hydrogens is 178 g/mol. The topological polar surface area (TPSA) is 29.5 Å². The van der Waals surface area contributed by atoms with Crippen molar-refractivity contribution in [1.82, 2.24) is 4.90 Å². The standard InChI is InChI=1S/C11H21NO2/c1-10(13)11-5-3-6-12(9-11)7-4-8-14-2/h11H,3-9H2,1-2H3. The van der Waals surface area contributed by atoms with E-state index in [2.05, 4.69) is 4.90 Å². The van der Waals surface area contributed by atoms with Crippen LogP contribution in [0, 0.1) is 5.92 Å².